The minimum absolute atomic E-state index is 0.717. The molecule has 1 aliphatic heterocycles. The van der Waals surface area contributed by atoms with E-state index in [-0.39, 0.29) is 0 Å². The molecule has 0 saturated carbocycles. The van der Waals surface area contributed by atoms with Crippen molar-refractivity contribution in [1.29, 1.82) is 0 Å². The molecule has 0 aliphatic carbocycles. The predicted molar refractivity (Wildman–Crippen MR) is 71.8 cm³/mol. The Morgan fingerprint density at radius 1 is 1.31 bits per heavy atom. The molecule has 1 rings (SSSR count). The topological polar surface area (TPSA) is 15.3 Å². The summed E-state index contributed by atoms with van der Waals surface area (Å²) in [5.41, 5.74) is 0. The van der Waals surface area contributed by atoms with Crippen LogP contribution in [0.4, 0.5) is 0 Å². The van der Waals surface area contributed by atoms with Crippen molar-refractivity contribution in [2.75, 3.05) is 19.6 Å². The molecule has 1 heterocycles. The average molecular weight is 226 g/mol. The highest BCUT2D eigenvalue weighted by molar-refractivity contribution is 4.81. The van der Waals surface area contributed by atoms with E-state index in [1.165, 1.54) is 45.3 Å². The molecule has 0 bridgehead atoms. The van der Waals surface area contributed by atoms with E-state index in [1.807, 2.05) is 0 Å². The first-order valence-corrected chi connectivity index (χ1v) is 7.12. The van der Waals surface area contributed by atoms with E-state index >= 15 is 0 Å². The van der Waals surface area contributed by atoms with E-state index in [4.69, 9.17) is 0 Å². The van der Waals surface area contributed by atoms with Crippen molar-refractivity contribution in [3.63, 3.8) is 0 Å². The summed E-state index contributed by atoms with van der Waals surface area (Å²) < 4.78 is 0. The number of rotatable bonds is 7. The second-order valence-corrected chi connectivity index (χ2v) is 5.63. The van der Waals surface area contributed by atoms with Crippen LogP contribution in [-0.4, -0.2) is 36.6 Å². The van der Waals surface area contributed by atoms with Gasteiger partial charge in [-0.1, -0.05) is 27.2 Å². The summed E-state index contributed by atoms with van der Waals surface area (Å²) in [4.78, 5) is 2.69. The van der Waals surface area contributed by atoms with Gasteiger partial charge in [0.25, 0.3) is 0 Å². The van der Waals surface area contributed by atoms with Gasteiger partial charge in [0.2, 0.25) is 0 Å². The van der Waals surface area contributed by atoms with Crippen molar-refractivity contribution in [2.24, 2.45) is 5.92 Å². The molecule has 96 valence electrons. The summed E-state index contributed by atoms with van der Waals surface area (Å²) in [7, 11) is 0. The van der Waals surface area contributed by atoms with Gasteiger partial charge < -0.3 is 5.32 Å². The predicted octanol–water partition coefficient (Wildman–Crippen LogP) is 2.89. The van der Waals surface area contributed by atoms with E-state index in [9.17, 15) is 0 Å². The van der Waals surface area contributed by atoms with Crippen LogP contribution in [-0.2, 0) is 0 Å². The molecular weight excluding hydrogens is 196 g/mol. The monoisotopic (exact) mass is 226 g/mol. The lowest BCUT2D eigenvalue weighted by Crippen LogP contribution is -2.44. The van der Waals surface area contributed by atoms with Crippen LogP contribution in [0.3, 0.4) is 0 Å². The van der Waals surface area contributed by atoms with E-state index in [2.05, 4.69) is 37.9 Å². The Balaban J connectivity index is 2.41. The Kier molecular flexibility index (Phi) is 6.37. The maximum absolute atomic E-state index is 3.62. The van der Waals surface area contributed by atoms with Gasteiger partial charge in [0.1, 0.15) is 0 Å². The second-order valence-electron chi connectivity index (χ2n) is 5.63. The molecule has 1 fully saturated rings. The molecule has 0 radical (unpaired) electrons. The van der Waals surface area contributed by atoms with Gasteiger partial charge >= 0.3 is 0 Å². The molecule has 0 spiro atoms. The zero-order valence-electron chi connectivity index (χ0n) is 11.6. The molecule has 0 aromatic carbocycles. The van der Waals surface area contributed by atoms with Gasteiger partial charge in [-0.2, -0.15) is 0 Å². The van der Waals surface area contributed by atoms with Gasteiger partial charge in [0.15, 0.2) is 0 Å². The van der Waals surface area contributed by atoms with Crippen LogP contribution in [0, 0.1) is 5.92 Å². The zero-order valence-corrected chi connectivity index (χ0v) is 11.6. The van der Waals surface area contributed by atoms with Crippen LogP contribution in [0.1, 0.15) is 53.4 Å². The molecule has 0 aromatic heterocycles. The van der Waals surface area contributed by atoms with Crippen molar-refractivity contribution < 1.29 is 0 Å². The fraction of sp³-hybridized carbons (Fsp3) is 1.00. The fourth-order valence-corrected chi connectivity index (χ4v) is 2.44. The Labute approximate surface area is 102 Å². The first-order valence-electron chi connectivity index (χ1n) is 7.12. The SMILES string of the molecule is CCCCN(CC1CCCN1)C(C)C(C)C. The van der Waals surface area contributed by atoms with Crippen LogP contribution in [0.25, 0.3) is 0 Å². The Bertz CT molecular complexity index is 174. The molecule has 0 amide bonds. The summed E-state index contributed by atoms with van der Waals surface area (Å²) in [6, 6.07) is 1.46. The maximum atomic E-state index is 3.62. The lowest BCUT2D eigenvalue weighted by Gasteiger charge is -2.33. The van der Waals surface area contributed by atoms with Crippen molar-refractivity contribution in [3.05, 3.63) is 0 Å². The van der Waals surface area contributed by atoms with Crippen molar-refractivity contribution in [3.8, 4) is 0 Å². The third-order valence-electron chi connectivity index (χ3n) is 3.96. The van der Waals surface area contributed by atoms with Crippen LogP contribution in [0.15, 0.2) is 0 Å². The number of nitrogens with one attached hydrogen (secondary N) is 1. The van der Waals surface area contributed by atoms with Gasteiger partial charge in [-0.3, -0.25) is 4.90 Å². The maximum Gasteiger partial charge on any atom is 0.0195 e. The minimum atomic E-state index is 0.717. The van der Waals surface area contributed by atoms with E-state index < -0.39 is 0 Å². The number of nitrogens with zero attached hydrogens (tertiary/aromatic N) is 1. The summed E-state index contributed by atoms with van der Waals surface area (Å²) in [6.07, 6.45) is 5.37. The fourth-order valence-electron chi connectivity index (χ4n) is 2.44. The molecule has 16 heavy (non-hydrogen) atoms. The lowest BCUT2D eigenvalue weighted by molar-refractivity contribution is 0.152. The smallest absolute Gasteiger partial charge is 0.0195 e. The van der Waals surface area contributed by atoms with E-state index in [1.54, 1.807) is 0 Å². The summed E-state index contributed by atoms with van der Waals surface area (Å²) >= 11 is 0. The van der Waals surface area contributed by atoms with Crippen LogP contribution in [0.5, 0.6) is 0 Å². The average Bonchev–Trinajstić information content (AvgIpc) is 2.75. The Morgan fingerprint density at radius 2 is 2.06 bits per heavy atom. The van der Waals surface area contributed by atoms with Crippen molar-refractivity contribution in [2.45, 2.75) is 65.5 Å². The van der Waals surface area contributed by atoms with Gasteiger partial charge in [-0.25, -0.2) is 0 Å². The second kappa shape index (κ2) is 7.29. The molecule has 0 aromatic rings. The summed E-state index contributed by atoms with van der Waals surface area (Å²) in [5.74, 6) is 0.762. The van der Waals surface area contributed by atoms with Gasteiger partial charge in [0, 0.05) is 18.6 Å². The quantitative estimate of drug-likeness (QED) is 0.718. The molecule has 1 saturated heterocycles. The highest BCUT2D eigenvalue weighted by Crippen LogP contribution is 2.15. The van der Waals surface area contributed by atoms with Gasteiger partial charge in [-0.15, -0.1) is 0 Å². The normalized spacial score (nSPS) is 23.2. The third kappa shape index (κ3) is 4.42. The molecular formula is C14H30N2. The zero-order chi connectivity index (χ0) is 12.0. The highest BCUT2D eigenvalue weighted by atomic mass is 15.2. The number of unbranched alkanes of at least 4 members (excludes halogenated alkanes) is 1. The van der Waals surface area contributed by atoms with Crippen LogP contribution < -0.4 is 5.32 Å². The highest BCUT2D eigenvalue weighted by Gasteiger charge is 2.22. The first-order chi connectivity index (χ1) is 7.65. The Hall–Kier alpha value is -0.0800. The molecule has 2 heteroatoms. The van der Waals surface area contributed by atoms with Crippen molar-refractivity contribution >= 4 is 0 Å². The molecule has 2 atom stereocenters. The third-order valence-corrected chi connectivity index (χ3v) is 3.96. The molecule has 1 N–H and O–H groups in total. The summed E-state index contributed by atoms with van der Waals surface area (Å²) in [6.45, 7) is 13.1. The standard InChI is InChI=1S/C14H30N2/c1-5-6-10-16(13(4)12(2)3)11-14-8-7-9-15-14/h12-15H,5-11H2,1-4H3. The van der Waals surface area contributed by atoms with Crippen LogP contribution >= 0.6 is 0 Å². The largest absolute Gasteiger partial charge is 0.313 e. The molecule has 2 unspecified atom stereocenters. The van der Waals surface area contributed by atoms with Gasteiger partial charge in [0.05, 0.1) is 0 Å². The lowest BCUT2D eigenvalue weighted by atomic mass is 10.0. The first kappa shape index (κ1) is 14.0. The minimum Gasteiger partial charge on any atom is -0.313 e. The molecule has 2 nitrogen and oxygen atoms in total. The van der Waals surface area contributed by atoms with Crippen molar-refractivity contribution in [1.82, 2.24) is 10.2 Å². The van der Waals surface area contributed by atoms with Gasteiger partial charge in [-0.05, 0) is 45.2 Å². The van der Waals surface area contributed by atoms with E-state index in [0.29, 0.717) is 6.04 Å². The number of hydrogen-bond donors (Lipinski definition) is 1. The number of hydrogen-bond acceptors (Lipinski definition) is 2. The summed E-state index contributed by atoms with van der Waals surface area (Å²) in [5, 5.41) is 3.62. The Morgan fingerprint density at radius 3 is 2.56 bits per heavy atom. The van der Waals surface area contributed by atoms with Crippen LogP contribution in [0.2, 0.25) is 0 Å². The molecule has 1 aliphatic rings. The van der Waals surface area contributed by atoms with E-state index in [0.717, 1.165) is 12.0 Å².